The largest absolute Gasteiger partial charge is 0.506 e. The van der Waals surface area contributed by atoms with Crippen LogP contribution in [-0.4, -0.2) is 92.0 Å². The number of amides is 3. The number of phenols is 1. The average Bonchev–Trinajstić information content (AvgIpc) is 3.28. The van der Waals surface area contributed by atoms with Crippen LogP contribution in [0, 0.1) is 23.3 Å². The van der Waals surface area contributed by atoms with Crippen LogP contribution < -0.4 is 26.0 Å². The maximum Gasteiger partial charge on any atom is 0.416 e. The molecule has 2 aliphatic carbocycles. The lowest BCUT2D eigenvalue weighted by Gasteiger charge is -2.50. The van der Waals surface area contributed by atoms with E-state index in [4.69, 9.17) is 20.9 Å². The number of anilines is 2. The van der Waals surface area contributed by atoms with Crippen LogP contribution in [0.5, 0.6) is 11.5 Å². The molecule has 5 N–H and O–H groups in total. The summed E-state index contributed by atoms with van der Waals surface area (Å²) in [5, 5.41) is 26.4. The number of aromatic hydroxyl groups is 1. The number of hydrogen-bond donors (Lipinski definition) is 3. The summed E-state index contributed by atoms with van der Waals surface area (Å²) in [6.45, 7) is 4.83. The molecule has 70 heavy (non-hydrogen) atoms. The number of ether oxygens (including phenoxy) is 2. The highest BCUT2D eigenvalue weighted by Crippen LogP contribution is 2.49. The second-order valence-corrected chi connectivity index (χ2v) is 17.7. The molecule has 0 bridgehead atoms. The van der Waals surface area contributed by atoms with Gasteiger partial charge in [-0.3, -0.25) is 24.5 Å². The standard InChI is InChI=1S/C27H28F3N5O4.C21H18F3N5O2/c1-26(2,3)39-25(37)35(14-27(12-15(28)13-27)23-18(30)6-5-11-32-23)20-10-9-19(33-34-20)21-17(29)8-7-16(24(31)36)22(21)38-4;1-29(21(9-11(22)10-21)19-14(24)3-2-8-26-19)16-7-6-15(27-28-16)17-13(23)5-4-12(18(17)30)20(25)31/h5-11,15H,12-14H2,1-4H3,(H2,31,36);2-8,11,30H,9-10H2,1H3,(H2,25,31)/t15-,27-;11-,21-. The molecule has 3 amide bonds. The quantitative estimate of drug-likeness (QED) is 0.0996. The van der Waals surface area contributed by atoms with Gasteiger partial charge in [-0.05, 0) is 106 Å². The van der Waals surface area contributed by atoms with Crippen LogP contribution in [0.1, 0.15) is 78.6 Å². The number of carbonyl (C=O) groups excluding carboxylic acids is 3. The molecule has 0 radical (unpaired) electrons. The fourth-order valence-electron chi connectivity index (χ4n) is 8.52. The number of alkyl halides is 2. The van der Waals surface area contributed by atoms with Crippen molar-refractivity contribution >= 4 is 29.5 Å². The van der Waals surface area contributed by atoms with Gasteiger partial charge < -0.3 is 30.9 Å². The molecular formula is C48H46F6N10O6. The third kappa shape index (κ3) is 9.83. The number of primary amides is 2. The second kappa shape index (κ2) is 19.6. The number of halogens is 6. The summed E-state index contributed by atoms with van der Waals surface area (Å²) in [5.74, 6) is -4.98. The Morgan fingerprint density at radius 2 is 1.21 bits per heavy atom. The topological polar surface area (TPSA) is 226 Å². The molecule has 22 heteroatoms. The van der Waals surface area contributed by atoms with Gasteiger partial charge in [-0.25, -0.2) is 31.1 Å². The molecule has 2 saturated carbocycles. The highest BCUT2D eigenvalue weighted by atomic mass is 19.2. The maximum atomic E-state index is 14.8. The van der Waals surface area contributed by atoms with Gasteiger partial charge in [0, 0.05) is 44.2 Å². The van der Waals surface area contributed by atoms with Gasteiger partial charge in [0.15, 0.2) is 11.6 Å². The molecule has 2 fully saturated rings. The van der Waals surface area contributed by atoms with Gasteiger partial charge in [0.2, 0.25) is 0 Å². The van der Waals surface area contributed by atoms with Crippen molar-refractivity contribution in [1.29, 1.82) is 0 Å². The summed E-state index contributed by atoms with van der Waals surface area (Å²) >= 11 is 0. The van der Waals surface area contributed by atoms with Crippen molar-refractivity contribution in [2.24, 2.45) is 11.5 Å². The molecular weight excluding hydrogens is 927 g/mol. The minimum atomic E-state index is -1.20. The van der Waals surface area contributed by atoms with E-state index >= 15 is 0 Å². The van der Waals surface area contributed by atoms with Crippen LogP contribution in [0.15, 0.2) is 85.2 Å². The first-order valence-electron chi connectivity index (χ1n) is 21.5. The number of nitrogens with two attached hydrogens (primary N) is 2. The van der Waals surface area contributed by atoms with E-state index in [-0.39, 0.29) is 94.6 Å². The van der Waals surface area contributed by atoms with E-state index in [0.717, 1.165) is 23.1 Å². The third-order valence-corrected chi connectivity index (χ3v) is 11.9. The molecule has 0 unspecified atom stereocenters. The number of methoxy groups -OCH3 is 1. The Morgan fingerprint density at radius 3 is 1.70 bits per heavy atom. The van der Waals surface area contributed by atoms with Crippen molar-refractivity contribution in [2.45, 2.75) is 75.4 Å². The lowest BCUT2D eigenvalue weighted by Crippen LogP contribution is -2.56. The highest BCUT2D eigenvalue weighted by molar-refractivity contribution is 5.99. The predicted octanol–water partition coefficient (Wildman–Crippen LogP) is 7.82. The Hall–Kier alpha value is -7.91. The van der Waals surface area contributed by atoms with Crippen molar-refractivity contribution in [3.63, 3.8) is 0 Å². The summed E-state index contributed by atoms with van der Waals surface area (Å²) in [6.07, 6.45) is -0.365. The first-order valence-corrected chi connectivity index (χ1v) is 21.5. The van der Waals surface area contributed by atoms with Crippen molar-refractivity contribution < 1.29 is 55.3 Å². The van der Waals surface area contributed by atoms with E-state index in [9.17, 15) is 45.8 Å². The molecule has 0 aliphatic heterocycles. The molecule has 0 saturated heterocycles. The minimum Gasteiger partial charge on any atom is -0.506 e. The fourth-order valence-corrected chi connectivity index (χ4v) is 8.52. The summed E-state index contributed by atoms with van der Waals surface area (Å²) in [6, 6.07) is 15.3. The van der Waals surface area contributed by atoms with Crippen LogP contribution in [-0.2, 0) is 15.7 Å². The van der Waals surface area contributed by atoms with E-state index in [1.54, 1.807) is 32.7 Å². The number of aromatic nitrogens is 6. The number of hydrogen-bond acceptors (Lipinski definition) is 13. The summed E-state index contributed by atoms with van der Waals surface area (Å²) in [7, 11) is 2.87. The monoisotopic (exact) mass is 972 g/mol. The van der Waals surface area contributed by atoms with E-state index < -0.39 is 75.8 Å². The van der Waals surface area contributed by atoms with Gasteiger partial charge in [0.1, 0.15) is 58.4 Å². The van der Waals surface area contributed by atoms with E-state index in [0.29, 0.717) is 0 Å². The molecule has 2 aromatic carbocycles. The zero-order valence-corrected chi connectivity index (χ0v) is 38.3. The number of pyridine rings is 2. The van der Waals surface area contributed by atoms with Gasteiger partial charge in [0.05, 0.1) is 52.0 Å². The summed E-state index contributed by atoms with van der Waals surface area (Å²) in [4.78, 5) is 47.5. The van der Waals surface area contributed by atoms with E-state index in [1.807, 2.05) is 0 Å². The molecule has 4 heterocycles. The summed E-state index contributed by atoms with van der Waals surface area (Å²) < 4.78 is 97.2. The fraction of sp³-hybridized carbons (Fsp3) is 0.312. The number of benzene rings is 2. The maximum absolute atomic E-state index is 14.8. The normalized spacial score (nSPS) is 19.4. The summed E-state index contributed by atoms with van der Waals surface area (Å²) in [5.41, 5.74) is 6.83. The molecule has 16 nitrogen and oxygen atoms in total. The van der Waals surface area contributed by atoms with Gasteiger partial charge >= 0.3 is 6.09 Å². The van der Waals surface area contributed by atoms with Gasteiger partial charge in [0.25, 0.3) is 11.8 Å². The molecule has 366 valence electrons. The van der Waals surface area contributed by atoms with Gasteiger partial charge in [-0.1, -0.05) is 0 Å². The lowest BCUT2D eigenvalue weighted by atomic mass is 9.64. The molecule has 0 spiro atoms. The molecule has 6 aromatic rings. The Balaban J connectivity index is 0.000000212. The van der Waals surface area contributed by atoms with Gasteiger partial charge in [-0.15, -0.1) is 20.4 Å². The zero-order valence-electron chi connectivity index (χ0n) is 38.3. The number of nitrogens with zero attached hydrogens (tertiary/aromatic N) is 8. The lowest BCUT2D eigenvalue weighted by molar-refractivity contribution is 0.0506. The van der Waals surface area contributed by atoms with Crippen molar-refractivity contribution in [3.8, 4) is 34.0 Å². The highest BCUT2D eigenvalue weighted by Gasteiger charge is 2.53. The molecule has 4 aromatic heterocycles. The minimum absolute atomic E-state index is 0.00158. The van der Waals surface area contributed by atoms with Crippen LogP contribution in [0.3, 0.4) is 0 Å². The Bertz CT molecular complexity index is 2930. The van der Waals surface area contributed by atoms with E-state index in [2.05, 4.69) is 30.4 Å². The molecule has 2 aliphatic rings. The van der Waals surface area contributed by atoms with Crippen LogP contribution in [0.25, 0.3) is 22.5 Å². The SMILES string of the molecule is CN(c1ccc(-c2c(F)ccc(C(N)=O)c2O)nn1)[C@]1(c2ncccc2F)C[C@@H](F)C1.COc1c(C(N)=O)ccc(F)c1-c1ccc(N(C[C@]2(c3ncccc3F)C[C@H](F)C2)C(=O)OC(C)(C)C)nn1. The first kappa shape index (κ1) is 50.0. The van der Waals surface area contributed by atoms with E-state index in [1.165, 1.54) is 74.1 Å². The average molecular weight is 973 g/mol. The van der Waals surface area contributed by atoms with Crippen LogP contribution in [0.4, 0.5) is 42.8 Å². The van der Waals surface area contributed by atoms with Crippen molar-refractivity contribution in [1.82, 2.24) is 30.4 Å². The van der Waals surface area contributed by atoms with Gasteiger partial charge in [-0.2, -0.15) is 0 Å². The van der Waals surface area contributed by atoms with Crippen LogP contribution in [0.2, 0.25) is 0 Å². The Kier molecular flexibility index (Phi) is 14.0. The molecule has 0 atom stereocenters. The van der Waals surface area contributed by atoms with Crippen molar-refractivity contribution in [2.75, 3.05) is 30.5 Å². The Labute approximate surface area is 396 Å². The first-order chi connectivity index (χ1) is 33.1. The zero-order chi connectivity index (χ0) is 50.9. The second-order valence-electron chi connectivity index (χ2n) is 17.7. The predicted molar refractivity (Wildman–Crippen MR) is 242 cm³/mol. The molecule has 8 rings (SSSR count). The third-order valence-electron chi connectivity index (χ3n) is 11.9. The van der Waals surface area contributed by atoms with Crippen LogP contribution >= 0.6 is 0 Å². The number of carbonyl (C=O) groups is 3. The Morgan fingerprint density at radius 1 is 0.700 bits per heavy atom. The number of rotatable bonds is 12. The smallest absolute Gasteiger partial charge is 0.416 e. The van der Waals surface area contributed by atoms with Crippen molar-refractivity contribution in [3.05, 3.63) is 131 Å².